The largest absolute Gasteiger partial charge is 0.494 e. The van der Waals surface area contributed by atoms with Crippen molar-refractivity contribution in [2.75, 3.05) is 19.7 Å². The third kappa shape index (κ3) is 3.23. The van der Waals surface area contributed by atoms with Gasteiger partial charge in [-0.2, -0.15) is 0 Å². The van der Waals surface area contributed by atoms with Gasteiger partial charge in [-0.15, -0.1) is 0 Å². The lowest BCUT2D eigenvalue weighted by atomic mass is 10.0. The predicted molar refractivity (Wildman–Crippen MR) is 83.5 cm³/mol. The van der Waals surface area contributed by atoms with Gasteiger partial charge in [0.15, 0.2) is 0 Å². The van der Waals surface area contributed by atoms with Gasteiger partial charge in [-0.3, -0.25) is 4.90 Å². The number of aliphatic hydroxyl groups is 1. The first-order valence-electron chi connectivity index (χ1n) is 8.11. The highest BCUT2D eigenvalue weighted by atomic mass is 16.5. The zero-order valence-corrected chi connectivity index (χ0v) is 12.8. The van der Waals surface area contributed by atoms with Crippen LogP contribution in [0.4, 0.5) is 0 Å². The van der Waals surface area contributed by atoms with Gasteiger partial charge in [0.1, 0.15) is 5.75 Å². The van der Waals surface area contributed by atoms with Crippen molar-refractivity contribution in [2.24, 2.45) is 5.73 Å². The number of piperidine rings is 1. The SMILES string of the molecule is CCOc1cc2c(cc1CN1CC[C@@H](N)[C@H](O)C1)CCC2. The summed E-state index contributed by atoms with van der Waals surface area (Å²) in [6.45, 7) is 5.16. The van der Waals surface area contributed by atoms with Crippen molar-refractivity contribution in [2.45, 2.75) is 51.3 Å². The molecule has 116 valence electrons. The van der Waals surface area contributed by atoms with E-state index < -0.39 is 6.10 Å². The van der Waals surface area contributed by atoms with Crippen LogP contribution in [-0.4, -0.2) is 41.8 Å². The molecule has 0 unspecified atom stereocenters. The second-order valence-corrected chi connectivity index (χ2v) is 6.27. The minimum Gasteiger partial charge on any atom is -0.494 e. The Balaban J connectivity index is 1.77. The molecular formula is C17H26N2O2. The molecule has 2 aliphatic rings. The lowest BCUT2D eigenvalue weighted by Gasteiger charge is -2.34. The maximum atomic E-state index is 9.96. The maximum absolute atomic E-state index is 9.96. The van der Waals surface area contributed by atoms with Crippen molar-refractivity contribution in [3.05, 3.63) is 28.8 Å². The van der Waals surface area contributed by atoms with Crippen molar-refractivity contribution < 1.29 is 9.84 Å². The van der Waals surface area contributed by atoms with Crippen LogP contribution in [0, 0.1) is 0 Å². The molecule has 1 saturated heterocycles. The lowest BCUT2D eigenvalue weighted by molar-refractivity contribution is 0.0495. The number of nitrogens with two attached hydrogens (primary N) is 1. The predicted octanol–water partition coefficient (Wildman–Crippen LogP) is 1.47. The van der Waals surface area contributed by atoms with Gasteiger partial charge in [-0.05, 0) is 49.8 Å². The topological polar surface area (TPSA) is 58.7 Å². The van der Waals surface area contributed by atoms with E-state index in [0.29, 0.717) is 13.2 Å². The standard InChI is InChI=1S/C17H26N2O2/c1-2-21-17-9-13-5-3-4-12(13)8-14(17)10-19-7-6-15(18)16(20)11-19/h8-9,15-16,20H,2-7,10-11,18H2,1H3/t15-,16-/m1/s1. The first-order chi connectivity index (χ1) is 10.2. The molecule has 1 aliphatic carbocycles. The Labute approximate surface area is 126 Å². The van der Waals surface area contributed by atoms with Gasteiger partial charge in [0.05, 0.1) is 12.7 Å². The number of benzene rings is 1. The molecular weight excluding hydrogens is 264 g/mol. The molecule has 0 radical (unpaired) electrons. The van der Waals surface area contributed by atoms with Crippen LogP contribution in [0.25, 0.3) is 0 Å². The number of hydrogen-bond donors (Lipinski definition) is 2. The van der Waals surface area contributed by atoms with Crippen LogP contribution in [0.5, 0.6) is 5.75 Å². The fourth-order valence-corrected chi connectivity index (χ4v) is 3.47. The minimum absolute atomic E-state index is 0.0763. The van der Waals surface area contributed by atoms with Crippen LogP contribution >= 0.6 is 0 Å². The number of hydrogen-bond acceptors (Lipinski definition) is 4. The van der Waals surface area contributed by atoms with E-state index in [4.69, 9.17) is 10.5 Å². The number of rotatable bonds is 4. The highest BCUT2D eigenvalue weighted by Crippen LogP contribution is 2.31. The number of aryl methyl sites for hydroxylation is 2. The lowest BCUT2D eigenvalue weighted by Crippen LogP contribution is -2.50. The first-order valence-corrected chi connectivity index (χ1v) is 8.11. The zero-order chi connectivity index (χ0) is 14.8. The Bertz CT molecular complexity index is 504. The first kappa shape index (κ1) is 14.8. The third-order valence-corrected chi connectivity index (χ3v) is 4.69. The van der Waals surface area contributed by atoms with E-state index in [-0.39, 0.29) is 6.04 Å². The molecule has 4 heteroatoms. The Morgan fingerprint density at radius 3 is 2.81 bits per heavy atom. The molecule has 1 aromatic carbocycles. The molecule has 0 bridgehead atoms. The summed E-state index contributed by atoms with van der Waals surface area (Å²) in [5.41, 5.74) is 10.1. The van der Waals surface area contributed by atoms with Crippen molar-refractivity contribution >= 4 is 0 Å². The van der Waals surface area contributed by atoms with Gasteiger partial charge >= 0.3 is 0 Å². The summed E-state index contributed by atoms with van der Waals surface area (Å²) >= 11 is 0. The highest BCUT2D eigenvalue weighted by Gasteiger charge is 2.25. The van der Waals surface area contributed by atoms with Crippen LogP contribution in [0.3, 0.4) is 0 Å². The second-order valence-electron chi connectivity index (χ2n) is 6.27. The average molecular weight is 290 g/mol. The molecule has 4 nitrogen and oxygen atoms in total. The van der Waals surface area contributed by atoms with E-state index in [0.717, 1.165) is 25.3 Å². The summed E-state index contributed by atoms with van der Waals surface area (Å²) in [5.74, 6) is 1.02. The molecule has 21 heavy (non-hydrogen) atoms. The van der Waals surface area contributed by atoms with E-state index >= 15 is 0 Å². The molecule has 1 heterocycles. The summed E-state index contributed by atoms with van der Waals surface area (Å²) in [6.07, 6.45) is 4.05. The summed E-state index contributed by atoms with van der Waals surface area (Å²) in [6, 6.07) is 4.47. The Morgan fingerprint density at radius 1 is 1.33 bits per heavy atom. The van der Waals surface area contributed by atoms with Crippen molar-refractivity contribution in [3.8, 4) is 5.75 Å². The van der Waals surface area contributed by atoms with E-state index in [9.17, 15) is 5.11 Å². The fraction of sp³-hybridized carbons (Fsp3) is 0.647. The molecule has 1 fully saturated rings. The number of β-amino-alcohol motifs (C(OH)–C–C–N with tert-alkyl or cyclic N) is 1. The van der Waals surface area contributed by atoms with Crippen LogP contribution < -0.4 is 10.5 Å². The van der Waals surface area contributed by atoms with Crippen molar-refractivity contribution in [1.29, 1.82) is 0 Å². The summed E-state index contributed by atoms with van der Waals surface area (Å²) < 4.78 is 5.84. The van der Waals surface area contributed by atoms with Gasteiger partial charge in [0.25, 0.3) is 0 Å². The van der Waals surface area contributed by atoms with Crippen LogP contribution in [0.15, 0.2) is 12.1 Å². The molecule has 1 aromatic rings. The van der Waals surface area contributed by atoms with Gasteiger partial charge in [0, 0.05) is 31.2 Å². The quantitative estimate of drug-likeness (QED) is 0.881. The Morgan fingerprint density at radius 2 is 2.10 bits per heavy atom. The number of aliphatic hydroxyl groups excluding tert-OH is 1. The minimum atomic E-state index is -0.413. The van der Waals surface area contributed by atoms with Crippen LogP contribution in [0.2, 0.25) is 0 Å². The van der Waals surface area contributed by atoms with Crippen molar-refractivity contribution in [1.82, 2.24) is 4.90 Å². The zero-order valence-electron chi connectivity index (χ0n) is 12.8. The molecule has 3 N–H and O–H groups in total. The molecule has 1 aliphatic heterocycles. The van der Waals surface area contributed by atoms with Crippen LogP contribution in [0.1, 0.15) is 36.5 Å². The molecule has 0 spiro atoms. The Kier molecular flexibility index (Phi) is 4.48. The van der Waals surface area contributed by atoms with E-state index in [2.05, 4.69) is 17.0 Å². The summed E-state index contributed by atoms with van der Waals surface area (Å²) in [5, 5.41) is 9.96. The third-order valence-electron chi connectivity index (χ3n) is 4.69. The number of nitrogens with zero attached hydrogens (tertiary/aromatic N) is 1. The average Bonchev–Trinajstić information content (AvgIpc) is 2.90. The molecule has 0 saturated carbocycles. The van der Waals surface area contributed by atoms with E-state index in [1.165, 1.54) is 36.0 Å². The Hall–Kier alpha value is -1.10. The van der Waals surface area contributed by atoms with E-state index in [1.807, 2.05) is 6.92 Å². The number of ether oxygens (including phenoxy) is 1. The smallest absolute Gasteiger partial charge is 0.124 e. The maximum Gasteiger partial charge on any atom is 0.124 e. The highest BCUT2D eigenvalue weighted by molar-refractivity contribution is 5.44. The fourth-order valence-electron chi connectivity index (χ4n) is 3.47. The molecule has 2 atom stereocenters. The molecule has 0 aromatic heterocycles. The molecule has 3 rings (SSSR count). The van der Waals surface area contributed by atoms with Gasteiger partial charge < -0.3 is 15.6 Å². The van der Waals surface area contributed by atoms with Gasteiger partial charge in [0.2, 0.25) is 0 Å². The molecule has 0 amide bonds. The van der Waals surface area contributed by atoms with Gasteiger partial charge in [-0.1, -0.05) is 6.07 Å². The summed E-state index contributed by atoms with van der Waals surface area (Å²) in [4.78, 5) is 2.28. The number of fused-ring (bicyclic) bond motifs is 1. The van der Waals surface area contributed by atoms with Crippen LogP contribution in [-0.2, 0) is 19.4 Å². The van der Waals surface area contributed by atoms with E-state index in [1.54, 1.807) is 0 Å². The monoisotopic (exact) mass is 290 g/mol. The number of likely N-dealkylation sites (tertiary alicyclic amines) is 1. The van der Waals surface area contributed by atoms with Crippen molar-refractivity contribution in [3.63, 3.8) is 0 Å². The van der Waals surface area contributed by atoms with Gasteiger partial charge in [-0.25, -0.2) is 0 Å². The summed E-state index contributed by atoms with van der Waals surface area (Å²) in [7, 11) is 0. The normalized spacial score (nSPS) is 25.9. The second kappa shape index (κ2) is 6.34.